The van der Waals surface area contributed by atoms with Gasteiger partial charge in [0.25, 0.3) is 0 Å². The molecule has 0 bridgehead atoms. The highest BCUT2D eigenvalue weighted by atomic mass is 16.4. The second-order valence-corrected chi connectivity index (χ2v) is 4.97. The van der Waals surface area contributed by atoms with Crippen molar-refractivity contribution in [1.29, 1.82) is 0 Å². The van der Waals surface area contributed by atoms with Gasteiger partial charge in [-0.25, -0.2) is 0 Å². The molecule has 0 saturated heterocycles. The number of amides is 3. The number of hydrogen-bond donors (Lipinski definition) is 6. The van der Waals surface area contributed by atoms with E-state index in [0.29, 0.717) is 0 Å². The molecule has 4 atom stereocenters. The van der Waals surface area contributed by atoms with E-state index in [-0.39, 0.29) is 11.2 Å². The summed E-state index contributed by atoms with van der Waals surface area (Å²) in [5.74, 6) is -2.79. The number of imide groups is 1. The van der Waals surface area contributed by atoms with Crippen LogP contribution in [0.5, 0.6) is 0 Å². The first kappa shape index (κ1) is 22.1. The maximum absolute atomic E-state index is 12.1. The van der Waals surface area contributed by atoms with Gasteiger partial charge in [0, 0.05) is 6.92 Å². The summed E-state index contributed by atoms with van der Waals surface area (Å²) in [6, 6.07) is -1.85. The summed E-state index contributed by atoms with van der Waals surface area (Å²) in [6.45, 7) is -1.29. The van der Waals surface area contributed by atoms with Crippen LogP contribution in [0.1, 0.15) is 13.3 Å². The van der Waals surface area contributed by atoms with Crippen molar-refractivity contribution in [3.63, 3.8) is 0 Å². The molecule has 0 saturated carbocycles. The van der Waals surface area contributed by atoms with Crippen molar-refractivity contribution in [3.05, 3.63) is 0 Å². The Labute approximate surface area is 137 Å². The van der Waals surface area contributed by atoms with Crippen LogP contribution in [-0.4, -0.2) is 98.6 Å². The quantitative estimate of drug-likeness (QED) is 0.211. The van der Waals surface area contributed by atoms with Gasteiger partial charge < -0.3 is 35.6 Å². The number of carbonyl (C=O) groups is 4. The van der Waals surface area contributed by atoms with Crippen LogP contribution in [0.15, 0.2) is 0 Å². The SMILES string of the molecule is CC(=O)NCC(=O)N(C(=O)C[C@H](O)CO)[C@H](C=O)[C@H](O)[C@H](O)CO. The molecular formula is C13H22N2O9. The van der Waals surface area contributed by atoms with Gasteiger partial charge in [0.05, 0.1) is 32.3 Å². The normalized spacial score (nSPS) is 15.8. The molecule has 0 heterocycles. The van der Waals surface area contributed by atoms with Crippen molar-refractivity contribution in [2.45, 2.75) is 37.7 Å². The summed E-state index contributed by atoms with van der Waals surface area (Å²) in [6.07, 6.45) is -6.04. The summed E-state index contributed by atoms with van der Waals surface area (Å²) in [7, 11) is 0. The Morgan fingerprint density at radius 3 is 2.08 bits per heavy atom. The van der Waals surface area contributed by atoms with Gasteiger partial charge in [-0.05, 0) is 0 Å². The van der Waals surface area contributed by atoms with Gasteiger partial charge in [0.2, 0.25) is 17.7 Å². The van der Waals surface area contributed by atoms with Crippen LogP contribution in [0, 0.1) is 0 Å². The topological polar surface area (TPSA) is 185 Å². The molecule has 11 heteroatoms. The van der Waals surface area contributed by atoms with Crippen molar-refractivity contribution >= 4 is 24.0 Å². The molecule has 0 aliphatic heterocycles. The molecule has 0 aromatic carbocycles. The monoisotopic (exact) mass is 350 g/mol. The van der Waals surface area contributed by atoms with E-state index in [1.807, 2.05) is 0 Å². The van der Waals surface area contributed by atoms with Gasteiger partial charge in [-0.3, -0.25) is 19.3 Å². The molecule has 3 amide bonds. The number of hydrogen-bond acceptors (Lipinski definition) is 9. The lowest BCUT2D eigenvalue weighted by molar-refractivity contribution is -0.157. The van der Waals surface area contributed by atoms with E-state index in [0.717, 1.165) is 6.92 Å². The summed E-state index contributed by atoms with van der Waals surface area (Å²) in [5, 5.41) is 48.2. The predicted molar refractivity (Wildman–Crippen MR) is 77.2 cm³/mol. The first-order valence-electron chi connectivity index (χ1n) is 7.00. The number of nitrogens with zero attached hydrogens (tertiary/aromatic N) is 1. The molecule has 0 spiro atoms. The molecule has 24 heavy (non-hydrogen) atoms. The van der Waals surface area contributed by atoms with Gasteiger partial charge in [-0.15, -0.1) is 0 Å². The highest BCUT2D eigenvalue weighted by molar-refractivity contribution is 6.00. The average Bonchev–Trinajstić information content (AvgIpc) is 2.55. The number of rotatable bonds is 10. The Kier molecular flexibility index (Phi) is 9.92. The minimum atomic E-state index is -1.98. The summed E-state index contributed by atoms with van der Waals surface area (Å²) >= 11 is 0. The maximum Gasteiger partial charge on any atom is 0.249 e. The fourth-order valence-electron chi connectivity index (χ4n) is 1.75. The van der Waals surface area contributed by atoms with E-state index in [4.69, 9.17) is 10.2 Å². The number of aliphatic hydroxyl groups excluding tert-OH is 5. The number of carbonyl (C=O) groups excluding carboxylic acids is 4. The Balaban J connectivity index is 5.47. The fraction of sp³-hybridized carbons (Fsp3) is 0.692. The standard InChI is InChI=1S/C13H22N2O9/c1-7(19)14-3-12(23)15(11(22)2-8(20)4-16)9(5-17)13(24)10(21)6-18/h5,8-10,13,16,18,20-21,24H,2-4,6H2,1H3,(H,14,19)/t8-,9+,10+,13-/m0/s1. The smallest absolute Gasteiger partial charge is 0.249 e. The summed E-state index contributed by atoms with van der Waals surface area (Å²) in [5.41, 5.74) is 0. The minimum Gasteiger partial charge on any atom is -0.394 e. The zero-order valence-corrected chi connectivity index (χ0v) is 13.0. The van der Waals surface area contributed by atoms with Crippen LogP contribution in [0.3, 0.4) is 0 Å². The molecule has 0 rings (SSSR count). The second-order valence-electron chi connectivity index (χ2n) is 4.97. The molecule has 138 valence electrons. The van der Waals surface area contributed by atoms with Gasteiger partial charge in [0.15, 0.2) is 0 Å². The van der Waals surface area contributed by atoms with Crippen molar-refractivity contribution in [3.8, 4) is 0 Å². The number of aldehydes is 1. The summed E-state index contributed by atoms with van der Waals surface area (Å²) in [4.78, 5) is 46.6. The van der Waals surface area contributed by atoms with Crippen molar-refractivity contribution in [2.75, 3.05) is 19.8 Å². The van der Waals surface area contributed by atoms with E-state index in [1.54, 1.807) is 0 Å². The van der Waals surface area contributed by atoms with Gasteiger partial charge in [-0.1, -0.05) is 0 Å². The highest BCUT2D eigenvalue weighted by Crippen LogP contribution is 2.11. The molecule has 6 N–H and O–H groups in total. The van der Waals surface area contributed by atoms with Gasteiger partial charge >= 0.3 is 0 Å². The number of aliphatic hydroxyl groups is 5. The first-order chi connectivity index (χ1) is 11.2. The number of nitrogens with one attached hydrogen (secondary N) is 1. The molecule has 0 aromatic rings. The molecular weight excluding hydrogens is 328 g/mol. The Bertz CT molecular complexity index is 457. The molecule has 0 fully saturated rings. The third-order valence-corrected chi connectivity index (χ3v) is 3.02. The van der Waals surface area contributed by atoms with Gasteiger partial charge in [0.1, 0.15) is 24.5 Å². The Hall–Kier alpha value is -1.92. The summed E-state index contributed by atoms with van der Waals surface area (Å²) < 4.78 is 0. The van der Waals surface area contributed by atoms with E-state index < -0.39 is 68.3 Å². The Morgan fingerprint density at radius 2 is 1.67 bits per heavy atom. The van der Waals surface area contributed by atoms with Crippen molar-refractivity contribution in [2.24, 2.45) is 0 Å². The van der Waals surface area contributed by atoms with Crippen LogP contribution in [-0.2, 0) is 19.2 Å². The lowest BCUT2D eigenvalue weighted by Gasteiger charge is -2.31. The molecule has 0 aliphatic rings. The fourth-order valence-corrected chi connectivity index (χ4v) is 1.75. The average molecular weight is 350 g/mol. The predicted octanol–water partition coefficient (Wildman–Crippen LogP) is -4.50. The van der Waals surface area contributed by atoms with Gasteiger partial charge in [-0.2, -0.15) is 0 Å². The van der Waals surface area contributed by atoms with Crippen LogP contribution in [0.4, 0.5) is 0 Å². The molecule has 11 nitrogen and oxygen atoms in total. The van der Waals surface area contributed by atoms with Crippen LogP contribution < -0.4 is 5.32 Å². The van der Waals surface area contributed by atoms with Crippen LogP contribution in [0.2, 0.25) is 0 Å². The lowest BCUT2D eigenvalue weighted by atomic mass is 10.0. The molecule has 0 aliphatic carbocycles. The van der Waals surface area contributed by atoms with Crippen LogP contribution in [0.25, 0.3) is 0 Å². The van der Waals surface area contributed by atoms with E-state index in [2.05, 4.69) is 5.32 Å². The van der Waals surface area contributed by atoms with Crippen molar-refractivity contribution < 1.29 is 44.7 Å². The first-order valence-corrected chi connectivity index (χ1v) is 7.00. The zero-order valence-electron chi connectivity index (χ0n) is 13.0. The highest BCUT2D eigenvalue weighted by Gasteiger charge is 2.37. The second kappa shape index (κ2) is 10.8. The van der Waals surface area contributed by atoms with E-state index in [9.17, 15) is 34.5 Å². The third kappa shape index (κ3) is 6.68. The minimum absolute atomic E-state index is 0.0123. The largest absolute Gasteiger partial charge is 0.394 e. The van der Waals surface area contributed by atoms with E-state index >= 15 is 0 Å². The molecule has 0 aromatic heterocycles. The molecule has 0 unspecified atom stereocenters. The van der Waals surface area contributed by atoms with E-state index in [1.165, 1.54) is 0 Å². The third-order valence-electron chi connectivity index (χ3n) is 3.02. The zero-order chi connectivity index (χ0) is 18.9. The van der Waals surface area contributed by atoms with Crippen LogP contribution >= 0.6 is 0 Å². The maximum atomic E-state index is 12.1. The van der Waals surface area contributed by atoms with Crippen molar-refractivity contribution in [1.82, 2.24) is 10.2 Å². The lowest BCUT2D eigenvalue weighted by Crippen LogP contribution is -2.57. The molecule has 0 radical (unpaired) electrons. The Morgan fingerprint density at radius 1 is 1.08 bits per heavy atom.